The largest absolute Gasteiger partial charge is 0.329 e. The van der Waals surface area contributed by atoms with Crippen LogP contribution in [0.15, 0.2) is 0 Å². The Hall–Kier alpha value is -1.14. The average molecular weight is 481 g/mol. The van der Waals surface area contributed by atoms with Crippen molar-refractivity contribution >= 4 is 11.9 Å². The van der Waals surface area contributed by atoms with E-state index < -0.39 is 5.54 Å². The molecule has 0 bridgehead atoms. The van der Waals surface area contributed by atoms with Crippen LogP contribution < -0.4 is 0 Å². The molecule has 1 unspecified atom stereocenters. The fraction of sp³-hybridized carbons (Fsp3) is 0.929. The number of carbonyl (C=O) groups excluding carboxylic acids is 2. The van der Waals surface area contributed by atoms with Gasteiger partial charge in [-0.1, -0.05) is 80.1 Å². The number of carbonyl (C=O) groups is 2. The molecule has 0 aliphatic carbocycles. The highest BCUT2D eigenvalue weighted by Gasteiger charge is 2.54. The summed E-state index contributed by atoms with van der Waals surface area (Å²) < 4.78 is 0. The van der Waals surface area contributed by atoms with Gasteiger partial charge in [-0.3, -0.25) is 19.5 Å². The van der Waals surface area contributed by atoms with Gasteiger partial charge in [-0.25, -0.2) is 9.69 Å². The maximum absolute atomic E-state index is 13.5. The van der Waals surface area contributed by atoms with Gasteiger partial charge >= 0.3 is 6.03 Å². The van der Waals surface area contributed by atoms with E-state index in [2.05, 4.69) is 58.4 Å². The maximum Gasteiger partial charge on any atom is 0.329 e. The molecule has 0 N–H and O–H groups in total. The van der Waals surface area contributed by atoms with E-state index in [4.69, 9.17) is 0 Å². The normalized spacial score (nSPS) is 19.4. The lowest BCUT2D eigenvalue weighted by atomic mass is 9.89. The van der Waals surface area contributed by atoms with Crippen LogP contribution in [0.25, 0.3) is 0 Å². The molecule has 6 nitrogen and oxygen atoms in total. The van der Waals surface area contributed by atoms with Crippen molar-refractivity contribution in [1.82, 2.24) is 19.6 Å². The molecule has 1 aliphatic heterocycles. The molecule has 34 heavy (non-hydrogen) atoms. The first-order valence-electron chi connectivity index (χ1n) is 13.9. The third-order valence-electron chi connectivity index (χ3n) is 6.98. The summed E-state index contributed by atoms with van der Waals surface area (Å²) in [5.41, 5.74) is -0.769. The van der Waals surface area contributed by atoms with Crippen molar-refractivity contribution in [3.63, 3.8) is 0 Å². The number of hydrogen-bond acceptors (Lipinski definition) is 4. The number of nitrogens with zero attached hydrogens (tertiary/aromatic N) is 4. The molecule has 6 heteroatoms. The highest BCUT2D eigenvalue weighted by atomic mass is 16.2. The predicted molar refractivity (Wildman–Crippen MR) is 144 cm³/mol. The second-order valence-electron chi connectivity index (χ2n) is 12.2. The Morgan fingerprint density at radius 2 is 1.18 bits per heavy atom. The summed E-state index contributed by atoms with van der Waals surface area (Å²) in [6.07, 6.45) is 10.4. The second kappa shape index (κ2) is 15.1. The van der Waals surface area contributed by atoms with E-state index in [0.29, 0.717) is 25.7 Å². The van der Waals surface area contributed by atoms with E-state index in [1.54, 1.807) is 0 Å². The van der Waals surface area contributed by atoms with Gasteiger partial charge in [-0.05, 0) is 71.1 Å². The highest BCUT2D eigenvalue weighted by molar-refractivity contribution is 6.06. The number of amides is 3. The third kappa shape index (κ3) is 10.2. The topological polar surface area (TPSA) is 47.1 Å². The van der Waals surface area contributed by atoms with Gasteiger partial charge in [0.05, 0.1) is 13.3 Å². The first kappa shape index (κ1) is 30.9. The summed E-state index contributed by atoms with van der Waals surface area (Å²) in [7, 11) is 4.09. The van der Waals surface area contributed by atoms with Crippen molar-refractivity contribution < 1.29 is 9.59 Å². The summed E-state index contributed by atoms with van der Waals surface area (Å²) >= 11 is 0. The molecule has 0 aromatic carbocycles. The fourth-order valence-corrected chi connectivity index (χ4v) is 5.03. The smallest absolute Gasteiger partial charge is 0.297 e. The van der Waals surface area contributed by atoms with Gasteiger partial charge in [0.2, 0.25) is 0 Å². The van der Waals surface area contributed by atoms with Crippen molar-refractivity contribution in [2.75, 3.05) is 40.5 Å². The Labute approximate surface area is 211 Å². The van der Waals surface area contributed by atoms with E-state index in [-0.39, 0.29) is 11.9 Å². The Morgan fingerprint density at radius 1 is 0.706 bits per heavy atom. The molecule has 1 heterocycles. The molecule has 1 rings (SSSR count). The van der Waals surface area contributed by atoms with Gasteiger partial charge in [0.25, 0.3) is 5.91 Å². The van der Waals surface area contributed by atoms with Gasteiger partial charge < -0.3 is 0 Å². The zero-order valence-corrected chi connectivity index (χ0v) is 24.0. The zero-order valence-electron chi connectivity index (χ0n) is 24.0. The number of rotatable bonds is 18. The molecule has 1 atom stereocenters. The quantitative estimate of drug-likeness (QED) is 0.171. The molecule has 0 aromatic heterocycles. The first-order valence-corrected chi connectivity index (χ1v) is 13.9. The van der Waals surface area contributed by atoms with Crippen LogP contribution in [0.5, 0.6) is 0 Å². The minimum atomic E-state index is -0.769. The third-order valence-corrected chi connectivity index (χ3v) is 6.98. The van der Waals surface area contributed by atoms with Crippen LogP contribution in [0.1, 0.15) is 106 Å². The number of imide groups is 1. The number of urea groups is 1. The van der Waals surface area contributed by atoms with Crippen LogP contribution in [0, 0.1) is 17.8 Å². The second-order valence-corrected chi connectivity index (χ2v) is 12.2. The summed E-state index contributed by atoms with van der Waals surface area (Å²) in [6, 6.07) is -0.133. The Bertz CT molecular complexity index is 607. The molecule has 0 radical (unpaired) electrons. The molecule has 1 saturated heterocycles. The van der Waals surface area contributed by atoms with Crippen molar-refractivity contribution in [2.24, 2.45) is 17.8 Å². The minimum absolute atomic E-state index is 0.0387. The molecular formula is C28H56N4O2. The lowest BCUT2D eigenvalue weighted by Crippen LogP contribution is -2.51. The van der Waals surface area contributed by atoms with Crippen LogP contribution in [-0.2, 0) is 4.79 Å². The SMILES string of the molecule is CC(C)CCCCCN(C)CN1C(=O)N(CN(C)CCCCCC(C)C)C(C)(CC(C)C)C1=O. The summed E-state index contributed by atoms with van der Waals surface area (Å²) in [4.78, 5) is 34.7. The van der Waals surface area contributed by atoms with Crippen LogP contribution in [0.2, 0.25) is 0 Å². The Kier molecular flexibility index (Phi) is 13.7. The number of hydrogen-bond donors (Lipinski definition) is 0. The molecule has 3 amide bonds. The standard InChI is InChI=1S/C28H56N4O2/c1-23(2)16-12-10-14-18-29(8)21-31-26(33)28(7,20-25(5)6)32(27(31)34)22-30(9)19-15-11-13-17-24(3)4/h23-25H,10-22H2,1-9H3. The lowest BCUT2D eigenvalue weighted by molar-refractivity contribution is -0.135. The summed E-state index contributed by atoms with van der Waals surface area (Å²) in [5, 5.41) is 0. The van der Waals surface area contributed by atoms with Crippen LogP contribution in [0.3, 0.4) is 0 Å². The predicted octanol–water partition coefficient (Wildman–Crippen LogP) is 6.27. The van der Waals surface area contributed by atoms with Crippen LogP contribution in [0.4, 0.5) is 4.79 Å². The zero-order chi connectivity index (χ0) is 25.9. The van der Waals surface area contributed by atoms with Gasteiger partial charge in [0.15, 0.2) is 0 Å². The maximum atomic E-state index is 13.5. The van der Waals surface area contributed by atoms with Gasteiger partial charge in [0.1, 0.15) is 5.54 Å². The minimum Gasteiger partial charge on any atom is -0.297 e. The van der Waals surface area contributed by atoms with Crippen LogP contribution in [-0.4, -0.2) is 77.6 Å². The highest BCUT2D eigenvalue weighted by Crippen LogP contribution is 2.34. The van der Waals surface area contributed by atoms with Crippen molar-refractivity contribution in [2.45, 2.75) is 112 Å². The molecule has 1 aliphatic rings. The van der Waals surface area contributed by atoms with Crippen molar-refractivity contribution in [3.8, 4) is 0 Å². The van der Waals surface area contributed by atoms with Crippen LogP contribution >= 0.6 is 0 Å². The molecule has 200 valence electrons. The molecule has 0 saturated carbocycles. The van der Waals surface area contributed by atoms with E-state index >= 15 is 0 Å². The first-order chi connectivity index (χ1) is 15.9. The van der Waals surface area contributed by atoms with Crippen molar-refractivity contribution in [1.29, 1.82) is 0 Å². The fourth-order valence-electron chi connectivity index (χ4n) is 5.03. The number of unbranched alkanes of at least 4 members (excludes halogenated alkanes) is 4. The van der Waals surface area contributed by atoms with Gasteiger partial charge in [0, 0.05) is 0 Å². The monoisotopic (exact) mass is 480 g/mol. The van der Waals surface area contributed by atoms with E-state index in [0.717, 1.165) is 37.8 Å². The molecule has 1 fully saturated rings. The van der Waals surface area contributed by atoms with Crippen molar-refractivity contribution in [3.05, 3.63) is 0 Å². The Balaban J connectivity index is 2.70. The summed E-state index contributed by atoms with van der Waals surface area (Å²) in [6.45, 7) is 18.0. The van der Waals surface area contributed by atoms with E-state index in [1.807, 2.05) is 18.9 Å². The molecule has 0 aromatic rings. The molecular weight excluding hydrogens is 424 g/mol. The van der Waals surface area contributed by atoms with E-state index in [9.17, 15) is 9.59 Å². The van der Waals surface area contributed by atoms with E-state index in [1.165, 1.54) is 43.4 Å². The van der Waals surface area contributed by atoms with Gasteiger partial charge in [-0.2, -0.15) is 0 Å². The summed E-state index contributed by atoms with van der Waals surface area (Å²) in [5.74, 6) is 1.81. The Morgan fingerprint density at radius 3 is 1.62 bits per heavy atom. The molecule has 0 spiro atoms. The average Bonchev–Trinajstić information content (AvgIpc) is 2.88. The lowest BCUT2D eigenvalue weighted by Gasteiger charge is -2.35. The van der Waals surface area contributed by atoms with Gasteiger partial charge in [-0.15, -0.1) is 0 Å².